The Bertz CT molecular complexity index is 968. The number of ether oxygens (including phenoxy) is 1. The summed E-state index contributed by atoms with van der Waals surface area (Å²) in [5.74, 6) is -0.331. The minimum atomic E-state index is -0.649. The number of methoxy groups -OCH3 is 1. The first-order chi connectivity index (χ1) is 12.0. The van der Waals surface area contributed by atoms with Gasteiger partial charge in [0.25, 0.3) is 5.91 Å². The number of halogens is 1. The van der Waals surface area contributed by atoms with Crippen molar-refractivity contribution in [2.45, 2.75) is 0 Å². The lowest BCUT2D eigenvalue weighted by Gasteiger charge is -2.07. The Balaban J connectivity index is 1.91. The van der Waals surface area contributed by atoms with Crippen LogP contribution in [0, 0.1) is 5.82 Å². The van der Waals surface area contributed by atoms with Crippen molar-refractivity contribution in [1.29, 1.82) is 0 Å². The first-order valence-electron chi connectivity index (χ1n) is 7.38. The van der Waals surface area contributed by atoms with E-state index < -0.39 is 17.4 Å². The number of rotatable bonds is 4. The largest absolute Gasteiger partial charge is 0.497 e. The van der Waals surface area contributed by atoms with E-state index in [1.54, 1.807) is 24.3 Å². The van der Waals surface area contributed by atoms with Crippen molar-refractivity contribution in [3.8, 4) is 17.0 Å². The molecular formula is C18H14FN3O3. The highest BCUT2D eigenvalue weighted by atomic mass is 19.1. The van der Waals surface area contributed by atoms with E-state index in [2.05, 4.69) is 15.3 Å². The molecule has 2 aromatic carbocycles. The second kappa shape index (κ2) is 6.96. The average Bonchev–Trinajstić information content (AvgIpc) is 2.63. The Morgan fingerprint density at radius 2 is 1.92 bits per heavy atom. The Labute approximate surface area is 142 Å². The molecule has 0 aliphatic carbocycles. The second-order valence-corrected chi connectivity index (χ2v) is 5.18. The van der Waals surface area contributed by atoms with Crippen LogP contribution in [0.5, 0.6) is 5.75 Å². The third kappa shape index (κ3) is 3.89. The number of carbonyl (C=O) groups excluding carboxylic acids is 1. The number of amides is 1. The number of hydrogen-bond donors (Lipinski definition) is 2. The van der Waals surface area contributed by atoms with Crippen LogP contribution in [0.1, 0.15) is 10.5 Å². The van der Waals surface area contributed by atoms with Gasteiger partial charge in [0, 0.05) is 11.3 Å². The van der Waals surface area contributed by atoms with Crippen LogP contribution in [-0.4, -0.2) is 23.0 Å². The van der Waals surface area contributed by atoms with Crippen LogP contribution in [-0.2, 0) is 0 Å². The van der Waals surface area contributed by atoms with Crippen molar-refractivity contribution in [3.05, 3.63) is 76.6 Å². The molecule has 0 saturated heterocycles. The lowest BCUT2D eigenvalue weighted by Crippen LogP contribution is -2.21. The zero-order valence-corrected chi connectivity index (χ0v) is 13.2. The van der Waals surface area contributed by atoms with Gasteiger partial charge < -0.3 is 15.0 Å². The molecule has 0 unspecified atom stereocenters. The van der Waals surface area contributed by atoms with Gasteiger partial charge in [-0.15, -0.1) is 0 Å². The first-order valence-corrected chi connectivity index (χ1v) is 7.38. The summed E-state index contributed by atoms with van der Waals surface area (Å²) in [7, 11) is 1.53. The molecule has 2 N–H and O–H groups in total. The lowest BCUT2D eigenvalue weighted by atomic mass is 10.1. The Morgan fingerprint density at radius 3 is 2.64 bits per heavy atom. The van der Waals surface area contributed by atoms with E-state index in [-0.39, 0.29) is 5.69 Å². The molecule has 25 heavy (non-hydrogen) atoms. The lowest BCUT2D eigenvalue weighted by molar-refractivity contribution is 0.102. The highest BCUT2D eigenvalue weighted by molar-refractivity contribution is 6.03. The summed E-state index contributed by atoms with van der Waals surface area (Å²) < 4.78 is 18.1. The SMILES string of the molecule is COc1cccc(-c2cc(C(=O)Nc3ccc(F)cc3)[nH]c(=O)n2)c1. The quantitative estimate of drug-likeness (QED) is 0.765. The topological polar surface area (TPSA) is 84.1 Å². The summed E-state index contributed by atoms with van der Waals surface area (Å²) in [6.45, 7) is 0. The zero-order valence-electron chi connectivity index (χ0n) is 13.2. The molecule has 1 aromatic heterocycles. The second-order valence-electron chi connectivity index (χ2n) is 5.18. The van der Waals surface area contributed by atoms with Crippen molar-refractivity contribution < 1.29 is 13.9 Å². The predicted molar refractivity (Wildman–Crippen MR) is 91.2 cm³/mol. The van der Waals surface area contributed by atoms with Crippen molar-refractivity contribution in [3.63, 3.8) is 0 Å². The van der Waals surface area contributed by atoms with E-state index in [0.717, 1.165) is 0 Å². The summed E-state index contributed by atoms with van der Waals surface area (Å²) in [5, 5.41) is 2.59. The van der Waals surface area contributed by atoms with Gasteiger partial charge in [-0.3, -0.25) is 4.79 Å². The molecule has 1 amide bonds. The molecule has 1 heterocycles. The van der Waals surface area contributed by atoms with Crippen LogP contribution in [0.3, 0.4) is 0 Å². The molecule has 0 bridgehead atoms. The van der Waals surface area contributed by atoms with Gasteiger partial charge in [-0.25, -0.2) is 9.18 Å². The molecule has 0 aliphatic rings. The average molecular weight is 339 g/mol. The Kier molecular flexibility index (Phi) is 4.56. The smallest absolute Gasteiger partial charge is 0.346 e. The first kappa shape index (κ1) is 16.4. The fraction of sp³-hybridized carbons (Fsp3) is 0.0556. The van der Waals surface area contributed by atoms with Gasteiger partial charge in [0.1, 0.15) is 17.3 Å². The maximum absolute atomic E-state index is 12.9. The summed E-state index contributed by atoms with van der Waals surface area (Å²) >= 11 is 0. The van der Waals surface area contributed by atoms with Crippen molar-refractivity contribution >= 4 is 11.6 Å². The third-order valence-electron chi connectivity index (χ3n) is 3.46. The highest BCUT2D eigenvalue weighted by Gasteiger charge is 2.11. The molecular weight excluding hydrogens is 325 g/mol. The monoisotopic (exact) mass is 339 g/mol. The van der Waals surface area contributed by atoms with Crippen LogP contribution in [0.2, 0.25) is 0 Å². The summed E-state index contributed by atoms with van der Waals surface area (Å²) in [5.41, 5.74) is 0.784. The summed E-state index contributed by atoms with van der Waals surface area (Å²) in [6, 6.07) is 13.8. The number of nitrogens with zero attached hydrogens (tertiary/aromatic N) is 1. The molecule has 6 nitrogen and oxygen atoms in total. The molecule has 7 heteroatoms. The maximum Gasteiger partial charge on any atom is 0.346 e. The minimum absolute atomic E-state index is 0.0437. The number of benzene rings is 2. The van der Waals surface area contributed by atoms with Gasteiger partial charge >= 0.3 is 5.69 Å². The van der Waals surface area contributed by atoms with Gasteiger partial charge in [-0.05, 0) is 42.5 Å². The number of H-pyrrole nitrogens is 1. The summed E-state index contributed by atoms with van der Waals surface area (Å²) in [4.78, 5) is 30.4. The van der Waals surface area contributed by atoms with Crippen molar-refractivity contribution in [2.75, 3.05) is 12.4 Å². The van der Waals surface area contributed by atoms with Crippen LogP contribution < -0.4 is 15.7 Å². The Morgan fingerprint density at radius 1 is 1.16 bits per heavy atom. The number of carbonyl (C=O) groups is 1. The van der Waals surface area contributed by atoms with Gasteiger partial charge in [0.05, 0.1) is 12.8 Å². The molecule has 3 aromatic rings. The number of aromatic nitrogens is 2. The van der Waals surface area contributed by atoms with Crippen LogP contribution in [0.4, 0.5) is 10.1 Å². The van der Waals surface area contributed by atoms with Gasteiger partial charge in [-0.1, -0.05) is 12.1 Å². The number of hydrogen-bond acceptors (Lipinski definition) is 4. The maximum atomic E-state index is 12.9. The molecule has 0 saturated carbocycles. The molecule has 3 rings (SSSR count). The molecule has 0 aliphatic heterocycles. The molecule has 0 radical (unpaired) electrons. The van der Waals surface area contributed by atoms with E-state index in [4.69, 9.17) is 4.74 Å². The predicted octanol–water partition coefficient (Wildman–Crippen LogP) is 2.84. The molecule has 0 spiro atoms. The van der Waals surface area contributed by atoms with E-state index in [0.29, 0.717) is 22.7 Å². The van der Waals surface area contributed by atoms with Gasteiger partial charge in [0.2, 0.25) is 0 Å². The van der Waals surface area contributed by atoms with Crippen LogP contribution in [0.25, 0.3) is 11.3 Å². The highest BCUT2D eigenvalue weighted by Crippen LogP contribution is 2.21. The fourth-order valence-electron chi connectivity index (χ4n) is 2.24. The van der Waals surface area contributed by atoms with Gasteiger partial charge in [0.15, 0.2) is 0 Å². The normalized spacial score (nSPS) is 10.3. The minimum Gasteiger partial charge on any atom is -0.497 e. The van der Waals surface area contributed by atoms with Crippen molar-refractivity contribution in [2.24, 2.45) is 0 Å². The zero-order chi connectivity index (χ0) is 17.8. The third-order valence-corrected chi connectivity index (χ3v) is 3.46. The van der Waals surface area contributed by atoms with E-state index in [1.807, 2.05) is 0 Å². The molecule has 126 valence electrons. The Hall–Kier alpha value is -3.48. The fourth-order valence-corrected chi connectivity index (χ4v) is 2.24. The summed E-state index contributed by atoms with van der Waals surface area (Å²) in [6.07, 6.45) is 0. The van der Waals surface area contributed by atoms with E-state index >= 15 is 0 Å². The van der Waals surface area contributed by atoms with Gasteiger partial charge in [-0.2, -0.15) is 4.98 Å². The van der Waals surface area contributed by atoms with Crippen molar-refractivity contribution in [1.82, 2.24) is 9.97 Å². The van der Waals surface area contributed by atoms with Crippen LogP contribution in [0.15, 0.2) is 59.4 Å². The molecule has 0 fully saturated rings. The molecule has 0 atom stereocenters. The number of nitrogens with one attached hydrogen (secondary N) is 2. The number of aromatic amines is 1. The van der Waals surface area contributed by atoms with Crippen LogP contribution >= 0.6 is 0 Å². The van der Waals surface area contributed by atoms with E-state index in [1.165, 1.54) is 37.4 Å². The van der Waals surface area contributed by atoms with E-state index in [9.17, 15) is 14.0 Å². The standard InChI is InChI=1S/C18H14FN3O3/c1-25-14-4-2-3-11(9-14)15-10-16(22-18(24)21-15)17(23)20-13-7-5-12(19)6-8-13/h2-10H,1H3,(H,20,23)(H,21,22,24). The number of anilines is 1.